The van der Waals surface area contributed by atoms with Crippen molar-refractivity contribution in [3.05, 3.63) is 16.6 Å². The number of nitrogens with one attached hydrogen (secondary N) is 1. The number of aliphatic hydroxyl groups excluding tert-OH is 1. The zero-order valence-electron chi connectivity index (χ0n) is 12.4. The summed E-state index contributed by atoms with van der Waals surface area (Å²) in [6, 6.07) is 0.155. The summed E-state index contributed by atoms with van der Waals surface area (Å²) in [7, 11) is 0. The van der Waals surface area contributed by atoms with Crippen LogP contribution in [-0.4, -0.2) is 49.2 Å². The van der Waals surface area contributed by atoms with E-state index in [1.165, 1.54) is 0 Å². The van der Waals surface area contributed by atoms with Gasteiger partial charge in [0, 0.05) is 24.7 Å². The number of aliphatic hydroxyl groups is 1. The number of rotatable bonds is 12. The van der Waals surface area contributed by atoms with E-state index in [0.717, 1.165) is 24.5 Å². The first-order valence-electron chi connectivity index (χ1n) is 7.20. The lowest BCUT2D eigenvalue weighted by Gasteiger charge is -2.15. The van der Waals surface area contributed by atoms with Gasteiger partial charge in [-0.25, -0.2) is 4.98 Å². The summed E-state index contributed by atoms with van der Waals surface area (Å²) >= 11 is 1.61. The maximum Gasteiger partial charge on any atom is 0.109 e. The van der Waals surface area contributed by atoms with E-state index in [9.17, 15) is 5.11 Å². The first-order chi connectivity index (χ1) is 9.74. The minimum atomic E-state index is -0.506. The summed E-state index contributed by atoms with van der Waals surface area (Å²) in [5.74, 6) is 0. The summed E-state index contributed by atoms with van der Waals surface area (Å²) < 4.78 is 10.7. The molecule has 0 aliphatic rings. The van der Waals surface area contributed by atoms with Crippen LogP contribution < -0.4 is 5.32 Å². The molecular weight excluding hydrogens is 276 g/mol. The molecule has 5 nitrogen and oxygen atoms in total. The van der Waals surface area contributed by atoms with Gasteiger partial charge in [-0.05, 0) is 13.3 Å². The molecule has 0 spiro atoms. The van der Waals surface area contributed by atoms with Crippen molar-refractivity contribution in [2.45, 2.75) is 38.8 Å². The fraction of sp³-hybridized carbons (Fsp3) is 0.786. The lowest BCUT2D eigenvalue weighted by molar-refractivity contribution is 0.00331. The Hall–Kier alpha value is -0.530. The zero-order chi connectivity index (χ0) is 14.6. The molecule has 116 valence electrons. The molecule has 0 bridgehead atoms. The van der Waals surface area contributed by atoms with Crippen LogP contribution in [0.2, 0.25) is 0 Å². The molecule has 0 saturated carbocycles. The van der Waals surface area contributed by atoms with Crippen molar-refractivity contribution in [3.63, 3.8) is 0 Å². The highest BCUT2D eigenvalue weighted by molar-refractivity contribution is 7.09. The van der Waals surface area contributed by atoms with Gasteiger partial charge < -0.3 is 19.9 Å². The molecular formula is C14H26N2O3S. The Morgan fingerprint density at radius 2 is 2.15 bits per heavy atom. The number of thiazole rings is 1. The van der Waals surface area contributed by atoms with Crippen molar-refractivity contribution in [1.29, 1.82) is 0 Å². The molecule has 2 atom stereocenters. The van der Waals surface area contributed by atoms with Gasteiger partial charge in [-0.15, -0.1) is 11.3 Å². The van der Waals surface area contributed by atoms with Crippen molar-refractivity contribution >= 4 is 11.3 Å². The lowest BCUT2D eigenvalue weighted by atomic mass is 10.3. The number of hydrogen-bond acceptors (Lipinski definition) is 6. The third kappa shape index (κ3) is 7.91. The molecule has 20 heavy (non-hydrogen) atoms. The summed E-state index contributed by atoms with van der Waals surface area (Å²) in [5, 5.41) is 16.0. The zero-order valence-corrected chi connectivity index (χ0v) is 13.2. The van der Waals surface area contributed by atoms with Gasteiger partial charge in [-0.3, -0.25) is 0 Å². The summed E-state index contributed by atoms with van der Waals surface area (Å²) in [5.41, 5.74) is 0. The first kappa shape index (κ1) is 17.5. The first-order valence-corrected chi connectivity index (χ1v) is 8.08. The fourth-order valence-electron chi connectivity index (χ4n) is 1.59. The van der Waals surface area contributed by atoms with Crippen LogP contribution in [0.1, 0.15) is 37.7 Å². The average molecular weight is 302 g/mol. The maximum absolute atomic E-state index is 9.79. The van der Waals surface area contributed by atoms with E-state index in [2.05, 4.69) is 17.2 Å². The number of hydrogen-bond donors (Lipinski definition) is 2. The second kappa shape index (κ2) is 11.2. The van der Waals surface area contributed by atoms with Crippen LogP contribution >= 0.6 is 11.3 Å². The molecule has 0 fully saturated rings. The summed E-state index contributed by atoms with van der Waals surface area (Å²) in [4.78, 5) is 4.23. The number of unbranched alkanes of at least 4 members (excludes halogenated alkanes) is 1. The molecule has 0 saturated heterocycles. The van der Waals surface area contributed by atoms with Crippen LogP contribution in [0.15, 0.2) is 11.6 Å². The van der Waals surface area contributed by atoms with Gasteiger partial charge >= 0.3 is 0 Å². The number of ether oxygens (including phenoxy) is 2. The molecule has 0 amide bonds. The Balaban J connectivity index is 1.96. The second-order valence-corrected chi connectivity index (χ2v) is 5.62. The minimum Gasteiger partial charge on any atom is -0.389 e. The molecule has 2 unspecified atom stereocenters. The molecule has 0 radical (unpaired) electrons. The monoisotopic (exact) mass is 302 g/mol. The highest BCUT2D eigenvalue weighted by atomic mass is 32.1. The molecule has 1 aromatic rings. The van der Waals surface area contributed by atoms with Gasteiger partial charge in [-0.2, -0.15) is 0 Å². The summed E-state index contributed by atoms with van der Waals surface area (Å²) in [6.45, 7) is 6.91. The van der Waals surface area contributed by atoms with Crippen LogP contribution in [0, 0.1) is 0 Å². The van der Waals surface area contributed by atoms with Gasteiger partial charge in [0.25, 0.3) is 0 Å². The molecule has 0 aromatic carbocycles. The van der Waals surface area contributed by atoms with Crippen molar-refractivity contribution in [2.24, 2.45) is 0 Å². The third-order valence-corrected chi connectivity index (χ3v) is 3.76. The Bertz CT molecular complexity index is 322. The molecule has 6 heteroatoms. The Morgan fingerprint density at radius 1 is 1.35 bits per heavy atom. The highest BCUT2D eigenvalue weighted by Crippen LogP contribution is 2.14. The quantitative estimate of drug-likeness (QED) is 0.578. The van der Waals surface area contributed by atoms with Crippen LogP contribution in [-0.2, 0) is 9.47 Å². The number of aromatic nitrogens is 1. The third-order valence-electron chi connectivity index (χ3n) is 2.81. The Labute approximate surface area is 125 Å². The van der Waals surface area contributed by atoms with E-state index in [4.69, 9.17) is 9.47 Å². The molecule has 1 heterocycles. The standard InChI is InChI=1S/C14H26N2O3S/c1-3-4-6-18-7-8-19-11-13(17)10-16-12(2)14-15-5-9-20-14/h5,9,12-13,16-17H,3-4,6-8,10-11H2,1-2H3. The molecule has 1 aromatic heterocycles. The van der Waals surface area contributed by atoms with E-state index < -0.39 is 6.10 Å². The lowest BCUT2D eigenvalue weighted by Crippen LogP contribution is -2.32. The topological polar surface area (TPSA) is 63.6 Å². The van der Waals surface area contributed by atoms with Gasteiger partial charge in [0.05, 0.1) is 32.0 Å². The van der Waals surface area contributed by atoms with E-state index in [0.29, 0.717) is 26.4 Å². The summed E-state index contributed by atoms with van der Waals surface area (Å²) in [6.07, 6.45) is 3.51. The normalized spacial score (nSPS) is 14.3. The van der Waals surface area contributed by atoms with Crippen molar-refractivity contribution < 1.29 is 14.6 Å². The van der Waals surface area contributed by atoms with E-state index >= 15 is 0 Å². The maximum atomic E-state index is 9.79. The van der Waals surface area contributed by atoms with Crippen LogP contribution in [0.4, 0.5) is 0 Å². The van der Waals surface area contributed by atoms with Crippen molar-refractivity contribution in [3.8, 4) is 0 Å². The van der Waals surface area contributed by atoms with Crippen LogP contribution in [0.5, 0.6) is 0 Å². The van der Waals surface area contributed by atoms with Gasteiger partial charge in [0.15, 0.2) is 0 Å². The molecule has 0 aliphatic carbocycles. The Morgan fingerprint density at radius 3 is 2.85 bits per heavy atom. The second-order valence-electron chi connectivity index (χ2n) is 4.69. The predicted molar refractivity (Wildman–Crippen MR) is 81.1 cm³/mol. The molecule has 1 rings (SSSR count). The Kier molecular flexibility index (Phi) is 9.78. The number of nitrogens with zero attached hydrogens (tertiary/aromatic N) is 1. The largest absolute Gasteiger partial charge is 0.389 e. The van der Waals surface area contributed by atoms with Gasteiger partial charge in [-0.1, -0.05) is 13.3 Å². The molecule has 0 aliphatic heterocycles. The predicted octanol–water partition coefficient (Wildman–Crippen LogP) is 1.99. The smallest absolute Gasteiger partial charge is 0.109 e. The minimum absolute atomic E-state index is 0.155. The van der Waals surface area contributed by atoms with Gasteiger partial charge in [0.1, 0.15) is 5.01 Å². The van der Waals surface area contributed by atoms with E-state index in [-0.39, 0.29) is 6.04 Å². The van der Waals surface area contributed by atoms with E-state index in [1.807, 2.05) is 12.3 Å². The van der Waals surface area contributed by atoms with E-state index in [1.54, 1.807) is 17.5 Å². The van der Waals surface area contributed by atoms with Crippen molar-refractivity contribution in [2.75, 3.05) is 33.0 Å². The highest BCUT2D eigenvalue weighted by Gasteiger charge is 2.10. The SMILES string of the molecule is CCCCOCCOCC(O)CNC(C)c1nccs1. The van der Waals surface area contributed by atoms with Crippen LogP contribution in [0.25, 0.3) is 0 Å². The van der Waals surface area contributed by atoms with Crippen molar-refractivity contribution in [1.82, 2.24) is 10.3 Å². The van der Waals surface area contributed by atoms with Gasteiger partial charge in [0.2, 0.25) is 0 Å². The fourth-order valence-corrected chi connectivity index (χ4v) is 2.26. The van der Waals surface area contributed by atoms with Crippen LogP contribution in [0.3, 0.4) is 0 Å². The molecule has 2 N–H and O–H groups in total. The average Bonchev–Trinajstić information content (AvgIpc) is 2.98.